The average Bonchev–Trinajstić information content (AvgIpc) is 3.05. The lowest BCUT2D eigenvalue weighted by Crippen LogP contribution is -2.53. The predicted octanol–water partition coefficient (Wildman–Crippen LogP) is 1.89. The summed E-state index contributed by atoms with van der Waals surface area (Å²) in [5.74, 6) is -0.830. The molecule has 1 atom stereocenters. The summed E-state index contributed by atoms with van der Waals surface area (Å²) in [5, 5.41) is 9.48. The summed E-state index contributed by atoms with van der Waals surface area (Å²) in [7, 11) is 0. The van der Waals surface area contributed by atoms with Gasteiger partial charge in [0.15, 0.2) is 0 Å². The second-order valence-corrected chi connectivity index (χ2v) is 7.80. The quantitative estimate of drug-likeness (QED) is 0.895. The van der Waals surface area contributed by atoms with Gasteiger partial charge >= 0.3 is 5.97 Å². The summed E-state index contributed by atoms with van der Waals surface area (Å²) in [6.45, 7) is 5.05. The minimum absolute atomic E-state index is 0.00289. The van der Waals surface area contributed by atoms with Gasteiger partial charge in [0.05, 0.1) is 10.8 Å². The third-order valence-corrected chi connectivity index (χ3v) is 6.07. The molecule has 0 bridgehead atoms. The highest BCUT2D eigenvalue weighted by atomic mass is 16.4. The molecule has 2 fully saturated rings. The average molecular weight is 358 g/mol. The van der Waals surface area contributed by atoms with Crippen molar-refractivity contribution in [2.24, 2.45) is 5.41 Å². The maximum absolute atomic E-state index is 13.5. The molecule has 6 heteroatoms. The molecule has 0 radical (unpaired) electrons. The van der Waals surface area contributed by atoms with E-state index in [1.165, 1.54) is 0 Å². The Balaban J connectivity index is 1.89. The molecule has 2 aliphatic rings. The number of carboxylic acids is 1. The van der Waals surface area contributed by atoms with E-state index in [9.17, 15) is 19.5 Å². The zero-order valence-electron chi connectivity index (χ0n) is 15.4. The summed E-state index contributed by atoms with van der Waals surface area (Å²) in [6, 6.07) is 9.70. The Morgan fingerprint density at radius 2 is 1.54 bits per heavy atom. The summed E-state index contributed by atoms with van der Waals surface area (Å²) in [6.07, 6.45) is 1.60. The molecule has 0 unspecified atom stereocenters. The van der Waals surface area contributed by atoms with Crippen molar-refractivity contribution in [3.63, 3.8) is 0 Å². The van der Waals surface area contributed by atoms with Crippen LogP contribution in [0.1, 0.15) is 38.7 Å². The molecule has 0 saturated carbocycles. The van der Waals surface area contributed by atoms with Crippen molar-refractivity contribution in [1.29, 1.82) is 0 Å². The number of rotatable bonds is 3. The van der Waals surface area contributed by atoms with Crippen molar-refractivity contribution in [2.45, 2.75) is 38.5 Å². The van der Waals surface area contributed by atoms with E-state index in [1.807, 2.05) is 30.3 Å². The minimum atomic E-state index is -0.881. The number of nitrogens with zero attached hydrogens (tertiary/aromatic N) is 2. The molecule has 26 heavy (non-hydrogen) atoms. The monoisotopic (exact) mass is 358 g/mol. The predicted molar refractivity (Wildman–Crippen MR) is 96.5 cm³/mol. The number of hydrogen-bond acceptors (Lipinski definition) is 3. The van der Waals surface area contributed by atoms with Crippen LogP contribution in [0.25, 0.3) is 0 Å². The third-order valence-electron chi connectivity index (χ3n) is 6.07. The van der Waals surface area contributed by atoms with E-state index < -0.39 is 16.8 Å². The van der Waals surface area contributed by atoms with Crippen LogP contribution < -0.4 is 0 Å². The Kier molecular flexibility index (Phi) is 4.78. The first-order valence-corrected chi connectivity index (χ1v) is 9.12. The van der Waals surface area contributed by atoms with Crippen LogP contribution in [0.5, 0.6) is 0 Å². The van der Waals surface area contributed by atoms with Gasteiger partial charge in [-0.05, 0) is 31.7 Å². The highest BCUT2D eigenvalue weighted by Crippen LogP contribution is 2.40. The Labute approximate surface area is 153 Å². The number of aliphatic carboxylic acids is 1. The maximum atomic E-state index is 13.5. The van der Waals surface area contributed by atoms with E-state index in [0.29, 0.717) is 38.9 Å². The van der Waals surface area contributed by atoms with Crippen LogP contribution in [-0.4, -0.2) is 58.9 Å². The van der Waals surface area contributed by atoms with Crippen LogP contribution in [0.15, 0.2) is 30.3 Å². The fourth-order valence-corrected chi connectivity index (χ4v) is 4.20. The number of benzene rings is 1. The number of carbonyl (C=O) groups is 3. The first-order chi connectivity index (χ1) is 12.3. The van der Waals surface area contributed by atoms with Gasteiger partial charge in [-0.3, -0.25) is 14.4 Å². The highest BCUT2D eigenvalue weighted by molar-refractivity contribution is 5.90. The van der Waals surface area contributed by atoms with Crippen LogP contribution in [0.4, 0.5) is 0 Å². The summed E-state index contributed by atoms with van der Waals surface area (Å²) in [4.78, 5) is 40.3. The third kappa shape index (κ3) is 3.08. The lowest BCUT2D eigenvalue weighted by molar-refractivity contribution is -0.148. The molecule has 6 nitrogen and oxygen atoms in total. The van der Waals surface area contributed by atoms with E-state index in [4.69, 9.17) is 0 Å². The van der Waals surface area contributed by atoms with E-state index in [1.54, 1.807) is 23.6 Å². The van der Waals surface area contributed by atoms with E-state index in [2.05, 4.69) is 0 Å². The second-order valence-electron chi connectivity index (χ2n) is 7.80. The van der Waals surface area contributed by atoms with Crippen LogP contribution >= 0.6 is 0 Å². The molecule has 3 rings (SSSR count). The topological polar surface area (TPSA) is 77.9 Å². The highest BCUT2D eigenvalue weighted by Gasteiger charge is 2.50. The molecule has 2 saturated heterocycles. The van der Waals surface area contributed by atoms with Crippen molar-refractivity contribution < 1.29 is 19.5 Å². The van der Waals surface area contributed by atoms with Crippen molar-refractivity contribution >= 4 is 17.8 Å². The van der Waals surface area contributed by atoms with Gasteiger partial charge in [0.1, 0.15) is 0 Å². The fraction of sp³-hybridized carbons (Fsp3) is 0.550. The van der Waals surface area contributed by atoms with Crippen LogP contribution in [0.3, 0.4) is 0 Å². The summed E-state index contributed by atoms with van der Waals surface area (Å²) in [5.41, 5.74) is -0.609. The number of carboxylic acid groups (broad SMARTS) is 1. The number of amides is 2. The Morgan fingerprint density at radius 1 is 0.962 bits per heavy atom. The van der Waals surface area contributed by atoms with E-state index >= 15 is 0 Å². The standard InChI is InChI=1S/C20H26N2O4/c1-15(23)21-12-9-20(10-13-21,16-6-4-3-5-7-16)17(24)22-11-8-19(2,14-22)18(25)26/h3-7H,8-14H2,1-2H3,(H,25,26)/t19-/m0/s1. The number of likely N-dealkylation sites (tertiary alicyclic amines) is 2. The molecule has 2 aliphatic heterocycles. The van der Waals surface area contributed by atoms with Gasteiger partial charge in [0.2, 0.25) is 11.8 Å². The normalized spacial score (nSPS) is 25.2. The van der Waals surface area contributed by atoms with Crippen LogP contribution in [0, 0.1) is 5.41 Å². The lowest BCUT2D eigenvalue weighted by atomic mass is 9.71. The molecule has 1 aromatic rings. The van der Waals surface area contributed by atoms with E-state index in [0.717, 1.165) is 5.56 Å². The van der Waals surface area contributed by atoms with Crippen molar-refractivity contribution in [2.75, 3.05) is 26.2 Å². The smallest absolute Gasteiger partial charge is 0.311 e. The van der Waals surface area contributed by atoms with Crippen LogP contribution in [0.2, 0.25) is 0 Å². The first-order valence-electron chi connectivity index (χ1n) is 9.12. The molecule has 0 aliphatic carbocycles. The van der Waals surface area contributed by atoms with Gasteiger partial charge < -0.3 is 14.9 Å². The number of hydrogen-bond donors (Lipinski definition) is 1. The zero-order valence-corrected chi connectivity index (χ0v) is 15.4. The molecule has 1 aromatic carbocycles. The van der Waals surface area contributed by atoms with Crippen molar-refractivity contribution in [3.8, 4) is 0 Å². The van der Waals surface area contributed by atoms with Gasteiger partial charge in [-0.25, -0.2) is 0 Å². The molecule has 0 aromatic heterocycles. The summed E-state index contributed by atoms with van der Waals surface area (Å²) < 4.78 is 0. The van der Waals surface area contributed by atoms with Crippen LogP contribution in [-0.2, 0) is 19.8 Å². The maximum Gasteiger partial charge on any atom is 0.311 e. The zero-order chi connectivity index (χ0) is 18.9. The SMILES string of the molecule is CC(=O)N1CCC(C(=O)N2CC[C@](C)(C(=O)O)C2)(c2ccccc2)CC1. The van der Waals surface area contributed by atoms with E-state index in [-0.39, 0.29) is 18.4 Å². The number of piperidine rings is 1. The summed E-state index contributed by atoms with van der Waals surface area (Å²) >= 11 is 0. The van der Waals surface area contributed by atoms with Gasteiger partial charge in [-0.15, -0.1) is 0 Å². The number of carbonyl (C=O) groups excluding carboxylic acids is 2. The van der Waals surface area contributed by atoms with Gasteiger partial charge in [-0.1, -0.05) is 30.3 Å². The molecule has 140 valence electrons. The van der Waals surface area contributed by atoms with Gasteiger partial charge in [0, 0.05) is 33.1 Å². The molecule has 0 spiro atoms. The first kappa shape index (κ1) is 18.4. The second kappa shape index (κ2) is 6.74. The largest absolute Gasteiger partial charge is 0.481 e. The Bertz CT molecular complexity index is 710. The van der Waals surface area contributed by atoms with Crippen molar-refractivity contribution in [1.82, 2.24) is 9.80 Å². The minimum Gasteiger partial charge on any atom is -0.481 e. The lowest BCUT2D eigenvalue weighted by Gasteiger charge is -2.43. The molecule has 2 heterocycles. The Morgan fingerprint density at radius 3 is 2.04 bits per heavy atom. The van der Waals surface area contributed by atoms with Gasteiger partial charge in [-0.2, -0.15) is 0 Å². The fourth-order valence-electron chi connectivity index (χ4n) is 4.20. The molecular weight excluding hydrogens is 332 g/mol. The van der Waals surface area contributed by atoms with Crippen molar-refractivity contribution in [3.05, 3.63) is 35.9 Å². The molecular formula is C20H26N2O4. The van der Waals surface area contributed by atoms with Gasteiger partial charge in [0.25, 0.3) is 0 Å². The molecule has 1 N–H and O–H groups in total. The molecule has 2 amide bonds. The Hall–Kier alpha value is -2.37.